The molecule has 6 rings (SSSR count). The number of esters is 1. The number of rotatable bonds is 5. The third-order valence-electron chi connectivity index (χ3n) is 9.47. The van der Waals surface area contributed by atoms with E-state index < -0.39 is 59.5 Å². The van der Waals surface area contributed by atoms with Crippen molar-refractivity contribution >= 4 is 35.1 Å². The van der Waals surface area contributed by atoms with Gasteiger partial charge >= 0.3 is 5.97 Å². The first-order valence-electron chi connectivity index (χ1n) is 15.1. The van der Waals surface area contributed by atoms with Crippen molar-refractivity contribution in [3.8, 4) is 0 Å². The summed E-state index contributed by atoms with van der Waals surface area (Å²) in [6, 6.07) is 12.5. The average Bonchev–Trinajstić information content (AvgIpc) is 3.36. The summed E-state index contributed by atoms with van der Waals surface area (Å²) in [4.78, 5) is 46.7. The number of cyclic esters (lactones) is 1. The summed E-state index contributed by atoms with van der Waals surface area (Å²) in [6.07, 6.45) is 10.3. The van der Waals surface area contributed by atoms with Gasteiger partial charge in [0, 0.05) is 6.54 Å². The van der Waals surface area contributed by atoms with Gasteiger partial charge in [0.05, 0.1) is 35.9 Å². The number of halogens is 1. The van der Waals surface area contributed by atoms with E-state index in [2.05, 4.69) is 0 Å². The van der Waals surface area contributed by atoms with Gasteiger partial charge in [-0.15, -0.1) is 0 Å². The van der Waals surface area contributed by atoms with Crippen molar-refractivity contribution in [3.05, 3.63) is 89.0 Å². The molecule has 8 nitrogen and oxygen atoms in total. The maximum atomic E-state index is 14.9. The van der Waals surface area contributed by atoms with Crippen LogP contribution in [-0.4, -0.2) is 64.8 Å². The first-order valence-corrected chi connectivity index (χ1v) is 15.4. The lowest BCUT2D eigenvalue weighted by Crippen LogP contribution is -2.57. The van der Waals surface area contributed by atoms with Crippen LogP contribution in [0, 0.1) is 18.8 Å². The van der Waals surface area contributed by atoms with Crippen LogP contribution in [0.25, 0.3) is 0 Å². The molecule has 0 aliphatic carbocycles. The Balaban J connectivity index is 1.57. The molecule has 1 unspecified atom stereocenters. The van der Waals surface area contributed by atoms with Crippen molar-refractivity contribution in [2.45, 2.75) is 62.8 Å². The number of ether oxygens (including phenoxy) is 2. The van der Waals surface area contributed by atoms with Crippen molar-refractivity contribution in [1.82, 2.24) is 4.90 Å². The molecule has 9 heteroatoms. The maximum absolute atomic E-state index is 14.9. The fourth-order valence-electron chi connectivity index (χ4n) is 7.51. The van der Waals surface area contributed by atoms with Crippen LogP contribution in [0.2, 0.25) is 5.02 Å². The Morgan fingerprint density at radius 2 is 1.79 bits per heavy atom. The lowest BCUT2D eigenvalue weighted by atomic mass is 9.73. The van der Waals surface area contributed by atoms with Crippen molar-refractivity contribution in [2.75, 3.05) is 24.7 Å². The van der Waals surface area contributed by atoms with Gasteiger partial charge < -0.3 is 24.4 Å². The highest BCUT2D eigenvalue weighted by Crippen LogP contribution is 2.59. The predicted octanol–water partition coefficient (Wildman–Crippen LogP) is 4.93. The molecule has 0 aromatic heterocycles. The molecule has 2 amide bonds. The van der Waals surface area contributed by atoms with Crippen LogP contribution < -0.4 is 4.90 Å². The Hall–Kier alpha value is -3.46. The molecule has 4 aliphatic heterocycles. The summed E-state index contributed by atoms with van der Waals surface area (Å²) in [5.74, 6) is -3.34. The third kappa shape index (κ3) is 4.62. The van der Waals surface area contributed by atoms with Gasteiger partial charge in [0.1, 0.15) is 23.2 Å². The zero-order chi connectivity index (χ0) is 30.4. The minimum absolute atomic E-state index is 0.193. The van der Waals surface area contributed by atoms with Gasteiger partial charge in [0.15, 0.2) is 0 Å². The number of aryl methyl sites for hydroxylation is 1. The van der Waals surface area contributed by atoms with Crippen LogP contribution in [0.3, 0.4) is 0 Å². The van der Waals surface area contributed by atoms with E-state index in [-0.39, 0.29) is 13.2 Å². The van der Waals surface area contributed by atoms with Crippen molar-refractivity contribution < 1.29 is 29.0 Å². The van der Waals surface area contributed by atoms with Crippen molar-refractivity contribution in [2.24, 2.45) is 11.8 Å². The highest BCUT2D eigenvalue weighted by atomic mass is 35.5. The lowest BCUT2D eigenvalue weighted by Gasteiger charge is -2.41. The Labute approximate surface area is 256 Å². The molecule has 43 heavy (non-hydrogen) atoms. The fraction of sp³-hybridized carbons (Fsp3) is 0.441. The molecule has 0 saturated carbocycles. The van der Waals surface area contributed by atoms with Gasteiger partial charge in [0.25, 0.3) is 5.91 Å². The molecule has 1 spiro atoms. The number of aliphatic hydroxyl groups is 1. The van der Waals surface area contributed by atoms with E-state index in [0.717, 1.165) is 18.4 Å². The molecule has 2 fully saturated rings. The van der Waals surface area contributed by atoms with E-state index in [0.29, 0.717) is 29.1 Å². The van der Waals surface area contributed by atoms with Crippen LogP contribution in [0.15, 0.2) is 72.8 Å². The molecule has 2 aromatic carbocycles. The largest absolute Gasteiger partial charge is 0.465 e. The first-order chi connectivity index (χ1) is 20.8. The van der Waals surface area contributed by atoms with Gasteiger partial charge in [-0.2, -0.15) is 0 Å². The van der Waals surface area contributed by atoms with E-state index in [4.69, 9.17) is 21.1 Å². The first kappa shape index (κ1) is 29.6. The van der Waals surface area contributed by atoms with Crippen LogP contribution in [0.1, 0.15) is 49.8 Å². The maximum Gasteiger partial charge on any atom is 0.313 e. The second-order valence-electron chi connectivity index (χ2n) is 11.8. The summed E-state index contributed by atoms with van der Waals surface area (Å²) in [7, 11) is 0. The molecule has 2 saturated heterocycles. The SMILES string of the molecule is CC[C@@]12/C=C\CCCCOC(=O)[C@@H]1[C@H]1C(=O)N([C@H](CO)c3ccccc3)C3C(=O)N(c4c(C)cccc4Cl)CC=C[C@@]31O2. The molecule has 4 aliphatic rings. The smallest absolute Gasteiger partial charge is 0.313 e. The molecule has 2 aromatic rings. The number of carbonyl (C=O) groups excluding carboxylic acids is 3. The van der Waals surface area contributed by atoms with Gasteiger partial charge in [-0.05, 0) is 49.8 Å². The minimum Gasteiger partial charge on any atom is -0.465 e. The Kier molecular flexibility index (Phi) is 7.96. The number of benzene rings is 2. The van der Waals surface area contributed by atoms with Crippen molar-refractivity contribution in [3.63, 3.8) is 0 Å². The van der Waals surface area contributed by atoms with Crippen molar-refractivity contribution in [1.29, 1.82) is 0 Å². The average molecular weight is 605 g/mol. The number of hydrogen-bond donors (Lipinski definition) is 1. The summed E-state index contributed by atoms with van der Waals surface area (Å²) in [6.45, 7) is 3.82. The Morgan fingerprint density at radius 1 is 1.00 bits per heavy atom. The molecule has 0 bridgehead atoms. The zero-order valence-electron chi connectivity index (χ0n) is 24.4. The molecule has 1 N–H and O–H groups in total. The standard InChI is InChI=1S/C34H37ClN2O6/c1-3-33-17-9-4-5-10-20-42-32(41)27(33)26-30(39)37(25(21-38)23-14-7-6-8-15-23)29-31(40)36(19-12-18-34(26,29)43-33)28-22(2)13-11-16-24(28)35/h6-9,11-18,25-27,29,38H,3-5,10,19-21H2,1-2H3/b17-9-/t25-,26+,27+,29?,33-,34+/m1/s1. The van der Waals surface area contributed by atoms with Crippen LogP contribution in [0.5, 0.6) is 0 Å². The normalized spacial score (nSPS) is 32.0. The van der Waals surface area contributed by atoms with Gasteiger partial charge in [-0.3, -0.25) is 14.4 Å². The summed E-state index contributed by atoms with van der Waals surface area (Å²) in [5.41, 5.74) is -0.616. The van der Waals surface area contributed by atoms with Crippen LogP contribution in [-0.2, 0) is 23.9 Å². The number of likely N-dealkylation sites (tertiary alicyclic amines) is 1. The minimum atomic E-state index is -1.49. The number of amides is 2. The fourth-order valence-corrected chi connectivity index (χ4v) is 7.83. The predicted molar refractivity (Wildman–Crippen MR) is 162 cm³/mol. The van der Waals surface area contributed by atoms with E-state index in [9.17, 15) is 19.5 Å². The highest BCUT2D eigenvalue weighted by molar-refractivity contribution is 6.34. The number of carbonyl (C=O) groups is 3. The number of fused-ring (bicyclic) bond motifs is 2. The number of aliphatic hydroxyl groups excluding tert-OH is 1. The Bertz CT molecular complexity index is 1460. The summed E-state index contributed by atoms with van der Waals surface area (Å²) >= 11 is 6.67. The number of para-hydroxylation sites is 1. The van der Waals surface area contributed by atoms with Gasteiger partial charge in [-0.1, -0.05) is 85.3 Å². The van der Waals surface area contributed by atoms with E-state index in [1.807, 2.05) is 74.5 Å². The molecule has 226 valence electrons. The number of anilines is 1. The van der Waals surface area contributed by atoms with Crippen LogP contribution in [0.4, 0.5) is 5.69 Å². The van der Waals surface area contributed by atoms with E-state index >= 15 is 0 Å². The van der Waals surface area contributed by atoms with E-state index in [1.54, 1.807) is 17.0 Å². The second-order valence-corrected chi connectivity index (χ2v) is 12.2. The summed E-state index contributed by atoms with van der Waals surface area (Å²) in [5, 5.41) is 11.2. The van der Waals surface area contributed by atoms with E-state index in [1.165, 1.54) is 4.90 Å². The molecular formula is C34H37ClN2O6. The summed E-state index contributed by atoms with van der Waals surface area (Å²) < 4.78 is 12.8. The Morgan fingerprint density at radius 3 is 2.51 bits per heavy atom. The molecule has 0 radical (unpaired) electrons. The second kappa shape index (κ2) is 11.6. The van der Waals surface area contributed by atoms with Gasteiger partial charge in [-0.25, -0.2) is 0 Å². The highest BCUT2D eigenvalue weighted by Gasteiger charge is 2.76. The molecule has 4 heterocycles. The molecule has 6 atom stereocenters. The lowest BCUT2D eigenvalue weighted by molar-refractivity contribution is -0.161. The quantitative estimate of drug-likeness (QED) is 0.384. The number of hydrogen-bond acceptors (Lipinski definition) is 6. The topological polar surface area (TPSA) is 96.4 Å². The monoisotopic (exact) mass is 604 g/mol. The molecular weight excluding hydrogens is 568 g/mol. The number of allylic oxidation sites excluding steroid dienone is 1. The van der Waals surface area contributed by atoms with Crippen LogP contribution >= 0.6 is 11.6 Å². The zero-order valence-corrected chi connectivity index (χ0v) is 25.2. The third-order valence-corrected chi connectivity index (χ3v) is 9.78. The van der Waals surface area contributed by atoms with Gasteiger partial charge in [0.2, 0.25) is 5.91 Å². The number of nitrogens with zero attached hydrogens (tertiary/aromatic N) is 2.